The first-order valence-electron chi connectivity index (χ1n) is 10.3. The predicted octanol–water partition coefficient (Wildman–Crippen LogP) is 4.15. The number of amides is 2. The van der Waals surface area contributed by atoms with Gasteiger partial charge in [-0.1, -0.05) is 11.6 Å². The van der Waals surface area contributed by atoms with Crippen molar-refractivity contribution in [2.75, 3.05) is 0 Å². The Kier molecular flexibility index (Phi) is 6.50. The molecule has 2 fully saturated rings. The molecular weight excluding hydrogens is 406 g/mol. The van der Waals surface area contributed by atoms with E-state index in [0.717, 1.165) is 42.9 Å². The van der Waals surface area contributed by atoms with E-state index < -0.39 is 0 Å². The summed E-state index contributed by atoms with van der Waals surface area (Å²) in [5, 5.41) is 6.83. The molecule has 0 spiro atoms. The summed E-state index contributed by atoms with van der Waals surface area (Å²) in [6.07, 6.45) is 9.12. The average Bonchev–Trinajstić information content (AvgIpc) is 3.39. The van der Waals surface area contributed by atoms with Gasteiger partial charge in [0.15, 0.2) is 0 Å². The molecule has 0 bridgehead atoms. The number of hydrogen-bond acceptors (Lipinski definition) is 4. The van der Waals surface area contributed by atoms with Crippen LogP contribution in [0.3, 0.4) is 0 Å². The van der Waals surface area contributed by atoms with E-state index in [1.807, 2.05) is 6.07 Å². The molecule has 2 N–H and O–H groups in total. The number of thiophene rings is 1. The topological polar surface area (TPSA) is 71.1 Å². The van der Waals surface area contributed by atoms with Crippen LogP contribution in [0.1, 0.15) is 58.8 Å². The van der Waals surface area contributed by atoms with Crippen LogP contribution in [0.2, 0.25) is 5.02 Å². The second kappa shape index (κ2) is 9.26. The summed E-state index contributed by atoms with van der Waals surface area (Å²) in [4.78, 5) is 31.1. The van der Waals surface area contributed by atoms with E-state index in [1.54, 1.807) is 29.7 Å². The molecule has 2 aliphatic rings. The highest BCUT2D eigenvalue weighted by molar-refractivity contribution is 7.14. The molecule has 0 saturated heterocycles. The minimum atomic E-state index is -0.0194. The van der Waals surface area contributed by atoms with E-state index in [1.165, 1.54) is 17.7 Å². The molecule has 154 valence electrons. The minimum Gasteiger partial charge on any atom is -0.353 e. The Bertz CT molecular complexity index is 855. The maximum atomic E-state index is 12.5. The zero-order valence-electron chi connectivity index (χ0n) is 16.3. The van der Waals surface area contributed by atoms with Gasteiger partial charge in [-0.15, -0.1) is 11.3 Å². The lowest BCUT2D eigenvalue weighted by atomic mass is 9.91. The van der Waals surface area contributed by atoms with E-state index in [0.29, 0.717) is 10.7 Å². The fourth-order valence-electron chi connectivity index (χ4n) is 3.81. The van der Waals surface area contributed by atoms with Crippen molar-refractivity contribution in [2.45, 2.75) is 63.5 Å². The van der Waals surface area contributed by atoms with Gasteiger partial charge in [-0.05, 0) is 75.1 Å². The van der Waals surface area contributed by atoms with Crippen molar-refractivity contribution >= 4 is 34.8 Å². The van der Waals surface area contributed by atoms with Gasteiger partial charge in [0.2, 0.25) is 5.91 Å². The maximum absolute atomic E-state index is 12.5. The molecule has 2 aliphatic carbocycles. The molecule has 2 amide bonds. The van der Waals surface area contributed by atoms with Crippen LogP contribution in [0.15, 0.2) is 30.5 Å². The van der Waals surface area contributed by atoms with Gasteiger partial charge in [-0.25, -0.2) is 0 Å². The lowest BCUT2D eigenvalue weighted by Gasteiger charge is -2.29. The van der Waals surface area contributed by atoms with E-state index in [-0.39, 0.29) is 30.3 Å². The van der Waals surface area contributed by atoms with Crippen molar-refractivity contribution in [3.63, 3.8) is 0 Å². The molecule has 0 unspecified atom stereocenters. The van der Waals surface area contributed by atoms with Crippen LogP contribution in [0.25, 0.3) is 0 Å². The molecule has 5 nitrogen and oxygen atoms in total. The third-order valence-electron chi connectivity index (χ3n) is 5.63. The van der Waals surface area contributed by atoms with E-state index in [9.17, 15) is 9.59 Å². The summed E-state index contributed by atoms with van der Waals surface area (Å²) in [6, 6.07) is 7.91. The van der Waals surface area contributed by atoms with Crippen LogP contribution in [0.4, 0.5) is 0 Å². The van der Waals surface area contributed by atoms with Gasteiger partial charge in [-0.2, -0.15) is 0 Å². The Labute approximate surface area is 180 Å². The maximum Gasteiger partial charge on any atom is 0.261 e. The molecule has 29 heavy (non-hydrogen) atoms. The average molecular weight is 432 g/mol. The number of aromatic nitrogens is 1. The first-order chi connectivity index (χ1) is 14.0. The smallest absolute Gasteiger partial charge is 0.261 e. The number of nitrogens with zero attached hydrogens (tertiary/aromatic N) is 1. The van der Waals surface area contributed by atoms with Gasteiger partial charge < -0.3 is 10.6 Å². The molecular formula is C22H26ClN3O2S. The molecule has 2 saturated carbocycles. The highest BCUT2D eigenvalue weighted by atomic mass is 35.5. The monoisotopic (exact) mass is 431 g/mol. The van der Waals surface area contributed by atoms with Crippen molar-refractivity contribution in [3.8, 4) is 0 Å². The van der Waals surface area contributed by atoms with Crippen LogP contribution in [0.5, 0.6) is 0 Å². The van der Waals surface area contributed by atoms with Crippen LogP contribution in [-0.4, -0.2) is 28.9 Å². The summed E-state index contributed by atoms with van der Waals surface area (Å²) in [5.41, 5.74) is 0.713. The Balaban J connectivity index is 1.18. The molecule has 0 radical (unpaired) electrons. The lowest BCUT2D eigenvalue weighted by Crippen LogP contribution is -2.44. The van der Waals surface area contributed by atoms with Crippen LogP contribution < -0.4 is 10.6 Å². The van der Waals surface area contributed by atoms with Gasteiger partial charge in [0.25, 0.3) is 5.91 Å². The molecule has 7 heteroatoms. The zero-order chi connectivity index (χ0) is 20.2. The number of pyridine rings is 1. The van der Waals surface area contributed by atoms with Crippen molar-refractivity contribution in [3.05, 3.63) is 50.9 Å². The summed E-state index contributed by atoms with van der Waals surface area (Å²) < 4.78 is 0. The molecule has 2 aromatic rings. The highest BCUT2D eigenvalue weighted by Gasteiger charge is 2.25. The van der Waals surface area contributed by atoms with Gasteiger partial charge in [-0.3, -0.25) is 14.6 Å². The van der Waals surface area contributed by atoms with Crippen LogP contribution >= 0.6 is 22.9 Å². The number of nitrogens with one attached hydrogen (secondary N) is 2. The lowest BCUT2D eigenvalue weighted by molar-refractivity contribution is -0.121. The molecule has 0 aliphatic heterocycles. The molecule has 4 rings (SSSR count). The number of hydrogen-bond donors (Lipinski definition) is 2. The highest BCUT2D eigenvalue weighted by Crippen LogP contribution is 2.34. The Morgan fingerprint density at radius 1 is 1.00 bits per heavy atom. The quantitative estimate of drug-likeness (QED) is 0.691. The first kappa shape index (κ1) is 20.4. The summed E-state index contributed by atoms with van der Waals surface area (Å²) >= 11 is 7.45. The van der Waals surface area contributed by atoms with E-state index in [4.69, 9.17) is 11.6 Å². The number of halogens is 1. The van der Waals surface area contributed by atoms with Gasteiger partial charge in [0.1, 0.15) is 0 Å². The SMILES string of the molecule is O=C(Cc1ccc(Cl)cn1)NC1CCC(NC(=O)c2ccc(CC3CC3)s2)CC1. The van der Waals surface area contributed by atoms with E-state index >= 15 is 0 Å². The largest absolute Gasteiger partial charge is 0.353 e. The fourth-order valence-corrected chi connectivity index (χ4v) is 4.95. The second-order valence-electron chi connectivity index (χ2n) is 8.15. The van der Waals surface area contributed by atoms with Crippen molar-refractivity contribution < 1.29 is 9.59 Å². The molecule has 0 atom stereocenters. The van der Waals surface area contributed by atoms with Gasteiger partial charge in [0.05, 0.1) is 16.3 Å². The van der Waals surface area contributed by atoms with Gasteiger partial charge >= 0.3 is 0 Å². The minimum absolute atomic E-state index is 0.0194. The predicted molar refractivity (Wildman–Crippen MR) is 115 cm³/mol. The first-order valence-corrected chi connectivity index (χ1v) is 11.5. The summed E-state index contributed by atoms with van der Waals surface area (Å²) in [5.74, 6) is 0.859. The fraction of sp³-hybridized carbons (Fsp3) is 0.500. The Hall–Kier alpha value is -1.92. The van der Waals surface area contributed by atoms with E-state index in [2.05, 4.69) is 21.7 Å². The normalized spacial score (nSPS) is 21.6. The number of carbonyl (C=O) groups is 2. The Morgan fingerprint density at radius 3 is 2.38 bits per heavy atom. The van der Waals surface area contributed by atoms with Crippen LogP contribution in [0, 0.1) is 5.92 Å². The van der Waals surface area contributed by atoms with Crippen LogP contribution in [-0.2, 0) is 17.6 Å². The number of rotatable bonds is 7. The summed E-state index contributed by atoms with van der Waals surface area (Å²) in [7, 11) is 0. The second-order valence-corrected chi connectivity index (χ2v) is 9.75. The molecule has 2 heterocycles. The Morgan fingerprint density at radius 2 is 1.72 bits per heavy atom. The van der Waals surface area contributed by atoms with Crippen molar-refractivity contribution in [1.29, 1.82) is 0 Å². The number of carbonyl (C=O) groups excluding carboxylic acids is 2. The zero-order valence-corrected chi connectivity index (χ0v) is 17.9. The molecule has 0 aromatic carbocycles. The van der Waals surface area contributed by atoms with Gasteiger partial charge in [0, 0.05) is 28.9 Å². The van der Waals surface area contributed by atoms with Crippen molar-refractivity contribution in [2.24, 2.45) is 5.92 Å². The third kappa shape index (κ3) is 6.03. The summed E-state index contributed by atoms with van der Waals surface area (Å²) in [6.45, 7) is 0. The van der Waals surface area contributed by atoms with Crippen molar-refractivity contribution in [1.82, 2.24) is 15.6 Å². The third-order valence-corrected chi connectivity index (χ3v) is 6.96. The standard InChI is InChI=1S/C22H26ClN3O2S/c23-15-3-4-18(24-13-15)12-21(27)25-16-5-7-17(8-6-16)26-22(28)20-10-9-19(29-20)11-14-1-2-14/h3-4,9-10,13-14,16-17H,1-2,5-8,11-12H2,(H,25,27)(H,26,28). The molecule has 2 aromatic heterocycles.